The van der Waals surface area contributed by atoms with Crippen LogP contribution in [-0.4, -0.2) is 37.6 Å². The summed E-state index contributed by atoms with van der Waals surface area (Å²) in [6.45, 7) is 3.57. The average molecular weight is 258 g/mol. The Labute approximate surface area is 112 Å². The van der Waals surface area contributed by atoms with Gasteiger partial charge < -0.3 is 10.1 Å². The number of aryl methyl sites for hydroxylation is 1. The van der Waals surface area contributed by atoms with Gasteiger partial charge >= 0.3 is 0 Å². The number of ether oxygens (including phenoxy) is 1. The first-order valence-electron chi connectivity index (χ1n) is 6.31. The Bertz CT molecular complexity index is 581. The van der Waals surface area contributed by atoms with Crippen LogP contribution in [0.3, 0.4) is 0 Å². The molecule has 0 amide bonds. The van der Waals surface area contributed by atoms with E-state index in [1.165, 1.54) is 0 Å². The van der Waals surface area contributed by atoms with E-state index in [0.29, 0.717) is 25.3 Å². The maximum Gasteiger partial charge on any atom is 0.176 e. The van der Waals surface area contributed by atoms with Crippen molar-refractivity contribution in [1.82, 2.24) is 10.3 Å². The van der Waals surface area contributed by atoms with Crippen LogP contribution in [0, 0.1) is 6.92 Å². The van der Waals surface area contributed by atoms with E-state index >= 15 is 0 Å². The fraction of sp³-hybridized carbons (Fsp3) is 0.333. The number of nitrogens with zero attached hydrogens (tertiary/aromatic N) is 1. The largest absolute Gasteiger partial charge is 0.383 e. The Kier molecular flexibility index (Phi) is 4.60. The first-order chi connectivity index (χ1) is 9.20. The number of pyridine rings is 1. The number of nitrogens with one attached hydrogen (secondary N) is 1. The molecule has 0 aliphatic rings. The maximum absolute atomic E-state index is 12.0. The molecule has 0 fully saturated rings. The van der Waals surface area contributed by atoms with Gasteiger partial charge in [0.25, 0.3) is 0 Å². The normalized spacial score (nSPS) is 10.8. The Balaban J connectivity index is 2.08. The molecule has 1 aromatic heterocycles. The molecule has 0 aliphatic heterocycles. The quantitative estimate of drug-likeness (QED) is 0.635. The summed E-state index contributed by atoms with van der Waals surface area (Å²) in [5.74, 6) is 0.0820. The second-order valence-electron chi connectivity index (χ2n) is 4.45. The van der Waals surface area contributed by atoms with Gasteiger partial charge in [-0.2, -0.15) is 0 Å². The van der Waals surface area contributed by atoms with Crippen LogP contribution in [0.15, 0.2) is 30.3 Å². The highest BCUT2D eigenvalue weighted by atomic mass is 16.5. The summed E-state index contributed by atoms with van der Waals surface area (Å²) in [4.78, 5) is 16.4. The molecule has 19 heavy (non-hydrogen) atoms. The highest BCUT2D eigenvalue weighted by Gasteiger charge is 2.06. The van der Waals surface area contributed by atoms with Gasteiger partial charge in [0.15, 0.2) is 5.78 Å². The number of rotatable bonds is 6. The predicted octanol–water partition coefficient (Wildman–Crippen LogP) is 1.96. The monoisotopic (exact) mass is 258 g/mol. The molecule has 100 valence electrons. The number of hydrogen-bond donors (Lipinski definition) is 1. The van der Waals surface area contributed by atoms with Crippen molar-refractivity contribution in [2.45, 2.75) is 6.92 Å². The number of carbonyl (C=O) groups is 1. The lowest BCUT2D eigenvalue weighted by Gasteiger charge is -2.05. The zero-order chi connectivity index (χ0) is 13.7. The SMILES string of the molecule is COCCNCC(=O)c1ccc2nc(C)ccc2c1. The van der Waals surface area contributed by atoms with E-state index in [4.69, 9.17) is 4.74 Å². The maximum atomic E-state index is 12.0. The van der Waals surface area contributed by atoms with Gasteiger partial charge in [-0.15, -0.1) is 0 Å². The summed E-state index contributed by atoms with van der Waals surface area (Å²) in [5.41, 5.74) is 2.61. The second-order valence-corrected chi connectivity index (χ2v) is 4.45. The van der Waals surface area contributed by atoms with Gasteiger partial charge in [0.1, 0.15) is 0 Å². The molecule has 0 unspecified atom stereocenters. The van der Waals surface area contributed by atoms with E-state index in [9.17, 15) is 4.79 Å². The van der Waals surface area contributed by atoms with Crippen LogP contribution < -0.4 is 5.32 Å². The molecule has 0 saturated heterocycles. The van der Waals surface area contributed by atoms with Crippen molar-refractivity contribution >= 4 is 16.7 Å². The second kappa shape index (κ2) is 6.41. The lowest BCUT2D eigenvalue weighted by atomic mass is 10.1. The fourth-order valence-electron chi connectivity index (χ4n) is 1.88. The molecule has 2 rings (SSSR count). The van der Waals surface area contributed by atoms with Gasteiger partial charge in [0.05, 0.1) is 18.7 Å². The molecular weight excluding hydrogens is 240 g/mol. The molecule has 2 aromatic rings. The summed E-state index contributed by atoms with van der Waals surface area (Å²) < 4.78 is 4.92. The third-order valence-corrected chi connectivity index (χ3v) is 2.92. The number of Topliss-reactive ketones (excluding diaryl/α,β-unsaturated/α-hetero) is 1. The van der Waals surface area contributed by atoms with Crippen LogP contribution in [0.25, 0.3) is 10.9 Å². The predicted molar refractivity (Wildman–Crippen MR) is 75.6 cm³/mol. The van der Waals surface area contributed by atoms with Gasteiger partial charge in [-0.3, -0.25) is 9.78 Å². The van der Waals surface area contributed by atoms with Gasteiger partial charge in [-0.25, -0.2) is 0 Å². The molecule has 0 spiro atoms. The third kappa shape index (κ3) is 3.59. The van der Waals surface area contributed by atoms with Crippen LogP contribution in [0.1, 0.15) is 16.1 Å². The lowest BCUT2D eigenvalue weighted by Crippen LogP contribution is -2.26. The van der Waals surface area contributed by atoms with Crippen LogP contribution in [0.5, 0.6) is 0 Å². The highest BCUT2D eigenvalue weighted by Crippen LogP contribution is 2.15. The van der Waals surface area contributed by atoms with Crippen molar-refractivity contribution < 1.29 is 9.53 Å². The summed E-state index contributed by atoms with van der Waals surface area (Å²) in [7, 11) is 1.64. The molecule has 1 heterocycles. The number of carbonyl (C=O) groups excluding carboxylic acids is 1. The van der Waals surface area contributed by atoms with E-state index in [0.717, 1.165) is 16.6 Å². The Morgan fingerprint density at radius 1 is 1.32 bits per heavy atom. The summed E-state index contributed by atoms with van der Waals surface area (Å²) in [6.07, 6.45) is 0. The van der Waals surface area contributed by atoms with E-state index in [-0.39, 0.29) is 5.78 Å². The molecule has 4 nitrogen and oxygen atoms in total. The first-order valence-corrected chi connectivity index (χ1v) is 6.31. The Morgan fingerprint density at radius 2 is 2.16 bits per heavy atom. The zero-order valence-electron chi connectivity index (χ0n) is 11.3. The Hall–Kier alpha value is -1.78. The number of benzene rings is 1. The molecule has 0 saturated carbocycles. The summed E-state index contributed by atoms with van der Waals surface area (Å²) in [6, 6.07) is 9.56. The molecule has 1 aromatic carbocycles. The number of hydrogen-bond acceptors (Lipinski definition) is 4. The van der Waals surface area contributed by atoms with Crippen molar-refractivity contribution in [1.29, 1.82) is 0 Å². The van der Waals surface area contributed by atoms with E-state index in [1.807, 2.05) is 37.3 Å². The standard InChI is InChI=1S/C15H18N2O2/c1-11-3-4-12-9-13(5-6-14(12)17-11)15(18)10-16-7-8-19-2/h3-6,9,16H,7-8,10H2,1-2H3. The molecule has 4 heteroatoms. The minimum atomic E-state index is 0.0820. The molecule has 0 atom stereocenters. The van der Waals surface area contributed by atoms with Crippen LogP contribution in [0.2, 0.25) is 0 Å². The van der Waals surface area contributed by atoms with Gasteiger partial charge in [-0.05, 0) is 31.2 Å². The smallest absolute Gasteiger partial charge is 0.176 e. The lowest BCUT2D eigenvalue weighted by molar-refractivity contribution is 0.0987. The van der Waals surface area contributed by atoms with Gasteiger partial charge in [0, 0.05) is 30.3 Å². The van der Waals surface area contributed by atoms with Crippen molar-refractivity contribution in [3.05, 3.63) is 41.6 Å². The number of ketones is 1. The highest BCUT2D eigenvalue weighted by molar-refractivity contribution is 6.00. The molecular formula is C15H18N2O2. The van der Waals surface area contributed by atoms with Gasteiger partial charge in [-0.1, -0.05) is 6.07 Å². The Morgan fingerprint density at radius 3 is 2.95 bits per heavy atom. The van der Waals surface area contributed by atoms with Gasteiger partial charge in [0.2, 0.25) is 0 Å². The average Bonchev–Trinajstić information content (AvgIpc) is 2.42. The summed E-state index contributed by atoms with van der Waals surface area (Å²) >= 11 is 0. The number of fused-ring (bicyclic) bond motifs is 1. The zero-order valence-corrected chi connectivity index (χ0v) is 11.3. The van der Waals surface area contributed by atoms with E-state index < -0.39 is 0 Å². The van der Waals surface area contributed by atoms with Crippen molar-refractivity contribution in [3.8, 4) is 0 Å². The number of aromatic nitrogens is 1. The third-order valence-electron chi connectivity index (χ3n) is 2.92. The van der Waals surface area contributed by atoms with Crippen molar-refractivity contribution in [2.24, 2.45) is 0 Å². The van der Waals surface area contributed by atoms with E-state index in [2.05, 4.69) is 10.3 Å². The minimum absolute atomic E-state index is 0.0820. The fourth-order valence-corrected chi connectivity index (χ4v) is 1.88. The van der Waals surface area contributed by atoms with E-state index in [1.54, 1.807) is 7.11 Å². The van der Waals surface area contributed by atoms with Crippen LogP contribution in [0.4, 0.5) is 0 Å². The molecule has 1 N–H and O–H groups in total. The van der Waals surface area contributed by atoms with Crippen LogP contribution >= 0.6 is 0 Å². The minimum Gasteiger partial charge on any atom is -0.383 e. The molecule has 0 radical (unpaired) electrons. The first kappa shape index (κ1) is 13.6. The van der Waals surface area contributed by atoms with Crippen molar-refractivity contribution in [3.63, 3.8) is 0 Å². The topological polar surface area (TPSA) is 51.2 Å². The number of methoxy groups -OCH3 is 1. The van der Waals surface area contributed by atoms with Crippen LogP contribution in [-0.2, 0) is 4.74 Å². The molecule has 0 aliphatic carbocycles. The summed E-state index contributed by atoms with van der Waals surface area (Å²) in [5, 5.41) is 4.05. The van der Waals surface area contributed by atoms with Crippen molar-refractivity contribution in [2.75, 3.05) is 26.8 Å². The molecule has 0 bridgehead atoms.